The minimum absolute atomic E-state index is 0.347. The first kappa shape index (κ1) is 19.8. The fraction of sp³-hybridized carbons (Fsp3) is 0.121. The summed E-state index contributed by atoms with van der Waals surface area (Å²) in [6.45, 7) is 1.30. The largest absolute Gasteiger partial charge is 0.454 e. The van der Waals surface area contributed by atoms with Crippen molar-refractivity contribution in [3.05, 3.63) is 113 Å². The standard InChI is InChI=1S/C33H26F2NO/c1-19-5-8-22(9-6-19)23-10-12-24(13-11-23)31-27(34)16-15-26-25-14-7-20(2)30(32(25)37-33(26)31)29-17-21(3)28(35)18-36(29)4/h5-18H,1-4H3/q+1/i3D3. The van der Waals surface area contributed by atoms with E-state index in [2.05, 4.69) is 24.3 Å². The van der Waals surface area contributed by atoms with Gasteiger partial charge in [0, 0.05) is 21.0 Å². The van der Waals surface area contributed by atoms with Gasteiger partial charge < -0.3 is 4.42 Å². The number of fused-ring (bicyclic) bond motifs is 3. The molecule has 0 bridgehead atoms. The van der Waals surface area contributed by atoms with Crippen LogP contribution in [0.2, 0.25) is 0 Å². The molecular formula is C33H26F2NO+. The average molecular weight is 494 g/mol. The van der Waals surface area contributed by atoms with Crippen LogP contribution >= 0.6 is 0 Å². The summed E-state index contributed by atoms with van der Waals surface area (Å²) in [5, 5.41) is 1.49. The quantitative estimate of drug-likeness (QED) is 0.226. The molecule has 6 aromatic rings. The third kappa shape index (κ3) is 3.80. The highest BCUT2D eigenvalue weighted by molar-refractivity contribution is 6.13. The monoisotopic (exact) mass is 493 g/mol. The van der Waals surface area contributed by atoms with Crippen molar-refractivity contribution in [1.82, 2.24) is 0 Å². The predicted molar refractivity (Wildman–Crippen MR) is 145 cm³/mol. The molecule has 0 unspecified atom stereocenters. The van der Waals surface area contributed by atoms with Gasteiger partial charge in [0.15, 0.2) is 5.82 Å². The van der Waals surface area contributed by atoms with E-state index in [0.717, 1.165) is 27.5 Å². The van der Waals surface area contributed by atoms with Crippen molar-refractivity contribution < 1.29 is 21.9 Å². The van der Waals surface area contributed by atoms with Gasteiger partial charge in [-0.25, -0.2) is 8.78 Å². The maximum Gasteiger partial charge on any atom is 0.216 e. The van der Waals surface area contributed by atoms with Crippen LogP contribution in [0.5, 0.6) is 0 Å². The number of aromatic nitrogens is 1. The van der Waals surface area contributed by atoms with E-state index < -0.39 is 18.5 Å². The fourth-order valence-corrected chi connectivity index (χ4v) is 5.01. The lowest BCUT2D eigenvalue weighted by Gasteiger charge is -2.07. The Morgan fingerprint density at radius 2 is 1.27 bits per heavy atom. The van der Waals surface area contributed by atoms with E-state index in [1.54, 1.807) is 17.7 Å². The Balaban J connectivity index is 1.56. The first-order valence-electron chi connectivity index (χ1n) is 13.5. The summed E-state index contributed by atoms with van der Waals surface area (Å²) in [6, 6.07) is 24.2. The van der Waals surface area contributed by atoms with Crippen LogP contribution in [0.1, 0.15) is 20.8 Å². The molecule has 2 nitrogen and oxygen atoms in total. The lowest BCUT2D eigenvalue weighted by molar-refractivity contribution is -0.662. The highest BCUT2D eigenvalue weighted by atomic mass is 19.1. The topological polar surface area (TPSA) is 17.0 Å². The number of furan rings is 1. The Hall–Kier alpha value is -4.31. The lowest BCUT2D eigenvalue weighted by Crippen LogP contribution is -2.31. The van der Waals surface area contributed by atoms with E-state index in [9.17, 15) is 4.39 Å². The highest BCUT2D eigenvalue weighted by Crippen LogP contribution is 2.42. The number of nitrogens with zero attached hydrogens (tertiary/aromatic N) is 1. The molecule has 2 aromatic heterocycles. The number of hydrogen-bond donors (Lipinski definition) is 0. The van der Waals surface area contributed by atoms with Gasteiger partial charge in [-0.1, -0.05) is 66.2 Å². The molecule has 4 heteroatoms. The van der Waals surface area contributed by atoms with Crippen LogP contribution in [-0.4, -0.2) is 0 Å². The zero-order valence-corrected chi connectivity index (χ0v) is 20.7. The van der Waals surface area contributed by atoms with E-state index in [0.29, 0.717) is 33.6 Å². The Labute approximate surface area is 218 Å². The van der Waals surface area contributed by atoms with Gasteiger partial charge in [-0.3, -0.25) is 0 Å². The Morgan fingerprint density at radius 1 is 0.676 bits per heavy atom. The second-order valence-electron chi connectivity index (χ2n) is 9.51. The third-order valence-corrected chi connectivity index (χ3v) is 7.01. The molecule has 0 fully saturated rings. The van der Waals surface area contributed by atoms with Crippen molar-refractivity contribution >= 4 is 21.9 Å². The fourth-order valence-electron chi connectivity index (χ4n) is 5.01. The van der Waals surface area contributed by atoms with Crippen molar-refractivity contribution in [1.29, 1.82) is 0 Å². The maximum atomic E-state index is 15.4. The molecule has 0 saturated carbocycles. The molecule has 0 saturated heterocycles. The normalized spacial score (nSPS) is 13.1. The molecular weight excluding hydrogens is 464 g/mol. The summed E-state index contributed by atoms with van der Waals surface area (Å²) in [6.07, 6.45) is 1.17. The Morgan fingerprint density at radius 3 is 1.95 bits per heavy atom. The SMILES string of the molecule is [2H]C([2H])([2H])c1cc(-c2c(C)ccc3c2oc2c(-c4ccc(-c5ccc(C)cc5)cc4)c(F)ccc23)[n+](C)cc1F. The van der Waals surface area contributed by atoms with Gasteiger partial charge in [0.05, 0.1) is 11.1 Å². The van der Waals surface area contributed by atoms with E-state index in [1.165, 1.54) is 23.9 Å². The summed E-state index contributed by atoms with van der Waals surface area (Å²) in [4.78, 5) is 0. The average Bonchev–Trinajstić information content (AvgIpc) is 3.27. The summed E-state index contributed by atoms with van der Waals surface area (Å²) in [5.74, 6) is -1.22. The van der Waals surface area contributed by atoms with Gasteiger partial charge in [-0.2, -0.15) is 4.57 Å². The van der Waals surface area contributed by atoms with Crippen LogP contribution in [0.4, 0.5) is 8.78 Å². The highest BCUT2D eigenvalue weighted by Gasteiger charge is 2.24. The van der Waals surface area contributed by atoms with E-state index in [4.69, 9.17) is 8.53 Å². The van der Waals surface area contributed by atoms with Crippen LogP contribution in [0.3, 0.4) is 0 Å². The summed E-state index contributed by atoms with van der Waals surface area (Å²) in [5.41, 5.74) is 6.73. The molecule has 0 aliphatic carbocycles. The summed E-state index contributed by atoms with van der Waals surface area (Å²) < 4.78 is 61.4. The van der Waals surface area contributed by atoms with Gasteiger partial charge >= 0.3 is 0 Å². The van der Waals surface area contributed by atoms with E-state index in [1.807, 2.05) is 50.2 Å². The lowest BCUT2D eigenvalue weighted by atomic mass is 9.97. The van der Waals surface area contributed by atoms with Crippen molar-refractivity contribution in [2.24, 2.45) is 7.05 Å². The molecule has 37 heavy (non-hydrogen) atoms. The predicted octanol–water partition coefficient (Wildman–Crippen LogP) is 8.61. The number of rotatable bonds is 3. The number of benzene rings is 4. The molecule has 182 valence electrons. The molecule has 6 rings (SSSR count). The molecule has 0 radical (unpaired) electrons. The molecule has 0 N–H and O–H groups in total. The van der Waals surface area contributed by atoms with E-state index in [-0.39, 0.29) is 5.56 Å². The smallest absolute Gasteiger partial charge is 0.216 e. The molecule has 0 spiro atoms. The van der Waals surface area contributed by atoms with Crippen molar-refractivity contribution in [3.63, 3.8) is 0 Å². The summed E-state index contributed by atoms with van der Waals surface area (Å²) in [7, 11) is 1.66. The molecule has 2 heterocycles. The van der Waals surface area contributed by atoms with Gasteiger partial charge in [-0.15, -0.1) is 0 Å². The maximum absolute atomic E-state index is 15.4. The first-order chi connectivity index (χ1) is 19.0. The number of halogens is 2. The number of hydrogen-bond acceptors (Lipinski definition) is 1. The minimum atomic E-state index is -2.62. The van der Waals surface area contributed by atoms with Crippen LogP contribution in [0.15, 0.2) is 89.5 Å². The van der Waals surface area contributed by atoms with Gasteiger partial charge in [0.25, 0.3) is 0 Å². The number of aryl methyl sites for hydroxylation is 4. The van der Waals surface area contributed by atoms with Gasteiger partial charge in [0.2, 0.25) is 11.9 Å². The molecule has 0 amide bonds. The van der Waals surface area contributed by atoms with Crippen LogP contribution in [0, 0.1) is 32.3 Å². The van der Waals surface area contributed by atoms with E-state index >= 15 is 4.39 Å². The molecule has 0 atom stereocenters. The zero-order chi connectivity index (χ0) is 28.3. The van der Waals surface area contributed by atoms with Crippen molar-refractivity contribution in [2.45, 2.75) is 20.7 Å². The number of pyridine rings is 1. The van der Waals surface area contributed by atoms with Gasteiger partial charge in [-0.05, 0) is 60.6 Å². The molecule has 0 aliphatic rings. The third-order valence-electron chi connectivity index (χ3n) is 7.01. The van der Waals surface area contributed by atoms with Crippen LogP contribution in [0.25, 0.3) is 55.4 Å². The van der Waals surface area contributed by atoms with Crippen molar-refractivity contribution in [2.75, 3.05) is 0 Å². The Kier molecular flexibility index (Phi) is 4.64. The molecule has 0 aliphatic heterocycles. The molecule has 4 aromatic carbocycles. The van der Waals surface area contributed by atoms with Crippen LogP contribution in [-0.2, 0) is 7.05 Å². The first-order valence-corrected chi connectivity index (χ1v) is 12.0. The second-order valence-corrected chi connectivity index (χ2v) is 9.51. The minimum Gasteiger partial charge on any atom is -0.454 e. The van der Waals surface area contributed by atoms with Gasteiger partial charge in [0.1, 0.15) is 24.0 Å². The second kappa shape index (κ2) is 8.67. The van der Waals surface area contributed by atoms with Crippen LogP contribution < -0.4 is 4.57 Å². The Bertz CT molecular complexity index is 1920. The zero-order valence-electron chi connectivity index (χ0n) is 23.7. The summed E-state index contributed by atoms with van der Waals surface area (Å²) >= 11 is 0. The van der Waals surface area contributed by atoms with Crippen molar-refractivity contribution in [3.8, 4) is 33.5 Å².